The summed E-state index contributed by atoms with van der Waals surface area (Å²) in [6.45, 7) is 6.52. The summed E-state index contributed by atoms with van der Waals surface area (Å²) in [5.41, 5.74) is 6.82. The topological polar surface area (TPSA) is 87.0 Å². The highest BCUT2D eigenvalue weighted by molar-refractivity contribution is 5.99. The number of nitrogen functional groups attached to an aromatic ring is 1. The molecule has 1 amide bonds. The molecule has 0 aliphatic heterocycles. The van der Waals surface area contributed by atoms with E-state index in [0.29, 0.717) is 17.8 Å². The number of nitrogens with zero attached hydrogens (tertiary/aromatic N) is 2. The summed E-state index contributed by atoms with van der Waals surface area (Å²) in [6, 6.07) is 0.729. The van der Waals surface area contributed by atoms with Crippen LogP contribution < -0.4 is 11.1 Å². The summed E-state index contributed by atoms with van der Waals surface area (Å²) in [6.07, 6.45) is 2.57. The molecule has 0 atom stereocenters. The zero-order chi connectivity index (χ0) is 13.1. The van der Waals surface area contributed by atoms with E-state index in [4.69, 9.17) is 5.73 Å². The second kappa shape index (κ2) is 5.39. The molecule has 0 saturated heterocycles. The summed E-state index contributed by atoms with van der Waals surface area (Å²) in [5, 5.41) is 9.42. The predicted molar refractivity (Wildman–Crippen MR) is 70.3 cm³/mol. The quantitative estimate of drug-likeness (QED) is 0.687. The van der Waals surface area contributed by atoms with Crippen LogP contribution in [0.25, 0.3) is 0 Å². The van der Waals surface area contributed by atoms with Gasteiger partial charge in [-0.1, -0.05) is 6.92 Å². The Morgan fingerprint density at radius 2 is 2.33 bits per heavy atom. The van der Waals surface area contributed by atoms with Crippen molar-refractivity contribution in [1.82, 2.24) is 20.4 Å². The Balaban J connectivity index is 1.81. The normalized spacial score (nSPS) is 15.1. The lowest BCUT2D eigenvalue weighted by atomic mass is 10.2. The van der Waals surface area contributed by atoms with Crippen LogP contribution in [-0.4, -0.2) is 46.7 Å². The van der Waals surface area contributed by atoms with Crippen LogP contribution in [-0.2, 0) is 0 Å². The van der Waals surface area contributed by atoms with Gasteiger partial charge in [-0.05, 0) is 26.3 Å². The highest BCUT2D eigenvalue weighted by Crippen LogP contribution is 2.25. The number of H-pyrrole nitrogens is 1. The number of carbonyl (C=O) groups is 1. The van der Waals surface area contributed by atoms with Crippen LogP contribution in [0.3, 0.4) is 0 Å². The summed E-state index contributed by atoms with van der Waals surface area (Å²) < 4.78 is 0. The fraction of sp³-hybridized carbons (Fsp3) is 0.667. The molecule has 6 heteroatoms. The molecule has 0 radical (unpaired) electrons. The van der Waals surface area contributed by atoms with Gasteiger partial charge >= 0.3 is 0 Å². The first-order valence-electron chi connectivity index (χ1n) is 6.46. The molecule has 1 saturated carbocycles. The molecule has 1 fully saturated rings. The Labute approximate surface area is 107 Å². The van der Waals surface area contributed by atoms with Crippen molar-refractivity contribution in [1.29, 1.82) is 0 Å². The van der Waals surface area contributed by atoms with Crippen molar-refractivity contribution < 1.29 is 4.79 Å². The molecule has 0 unspecified atom stereocenters. The molecule has 1 heterocycles. The number of rotatable bonds is 6. The monoisotopic (exact) mass is 251 g/mol. The van der Waals surface area contributed by atoms with E-state index in [2.05, 4.69) is 27.3 Å². The van der Waals surface area contributed by atoms with Gasteiger partial charge in [0.2, 0.25) is 0 Å². The average Bonchev–Trinajstić information content (AvgIpc) is 3.11. The molecule has 100 valence electrons. The first kappa shape index (κ1) is 12.9. The van der Waals surface area contributed by atoms with Gasteiger partial charge in [0.05, 0.1) is 0 Å². The highest BCUT2D eigenvalue weighted by atomic mass is 16.1. The fourth-order valence-electron chi connectivity index (χ4n) is 2.17. The molecule has 0 aromatic carbocycles. The maximum atomic E-state index is 11.9. The maximum Gasteiger partial charge on any atom is 0.256 e. The number of nitrogens with two attached hydrogens (primary N) is 1. The standard InChI is InChI=1S/C12H21N5O/c1-3-17(9-4-5-9)7-6-14-12(18)10-8(2)15-16-11(10)13/h9H,3-7H2,1-2H3,(H,14,18)(H3,13,15,16). The molecule has 2 rings (SSSR count). The van der Waals surface area contributed by atoms with Gasteiger partial charge in [0.25, 0.3) is 5.91 Å². The largest absolute Gasteiger partial charge is 0.382 e. The Morgan fingerprint density at radius 3 is 2.83 bits per heavy atom. The number of amides is 1. The van der Waals surface area contributed by atoms with Gasteiger partial charge in [-0.15, -0.1) is 0 Å². The fourth-order valence-corrected chi connectivity index (χ4v) is 2.17. The molecule has 18 heavy (non-hydrogen) atoms. The molecule has 4 N–H and O–H groups in total. The number of nitrogens with one attached hydrogen (secondary N) is 2. The van der Waals surface area contributed by atoms with E-state index in [1.165, 1.54) is 12.8 Å². The Hall–Kier alpha value is -1.56. The second-order valence-corrected chi connectivity index (χ2v) is 4.72. The second-order valence-electron chi connectivity index (χ2n) is 4.72. The van der Waals surface area contributed by atoms with Gasteiger partial charge in [-0.2, -0.15) is 5.10 Å². The lowest BCUT2D eigenvalue weighted by Gasteiger charge is -2.19. The minimum Gasteiger partial charge on any atom is -0.382 e. The van der Waals surface area contributed by atoms with E-state index in [9.17, 15) is 4.79 Å². The predicted octanol–water partition coefficient (Wildman–Crippen LogP) is 0.514. The Bertz CT molecular complexity index is 405. The maximum absolute atomic E-state index is 11.9. The van der Waals surface area contributed by atoms with E-state index in [-0.39, 0.29) is 11.7 Å². The Kier molecular flexibility index (Phi) is 3.86. The van der Waals surface area contributed by atoms with Crippen LogP contribution in [0.2, 0.25) is 0 Å². The summed E-state index contributed by atoms with van der Waals surface area (Å²) in [5.74, 6) is 0.116. The van der Waals surface area contributed by atoms with Gasteiger partial charge in [-0.25, -0.2) is 0 Å². The number of likely N-dealkylation sites (N-methyl/N-ethyl adjacent to an activating group) is 1. The van der Waals surface area contributed by atoms with Crippen molar-refractivity contribution in [2.75, 3.05) is 25.4 Å². The number of aryl methyl sites for hydroxylation is 1. The van der Waals surface area contributed by atoms with E-state index in [0.717, 1.165) is 19.1 Å². The zero-order valence-electron chi connectivity index (χ0n) is 11.0. The lowest BCUT2D eigenvalue weighted by molar-refractivity contribution is 0.0948. The first-order valence-corrected chi connectivity index (χ1v) is 6.46. The van der Waals surface area contributed by atoms with Crippen molar-refractivity contribution in [3.05, 3.63) is 11.3 Å². The molecule has 0 bridgehead atoms. The first-order chi connectivity index (χ1) is 8.63. The molecule has 0 spiro atoms. The Morgan fingerprint density at radius 1 is 1.61 bits per heavy atom. The number of carbonyl (C=O) groups excluding carboxylic acids is 1. The third kappa shape index (κ3) is 2.81. The number of hydrogen-bond donors (Lipinski definition) is 3. The summed E-state index contributed by atoms with van der Waals surface area (Å²) in [7, 11) is 0. The molecule has 1 aliphatic rings. The minimum atomic E-state index is -0.148. The third-order valence-corrected chi connectivity index (χ3v) is 3.36. The van der Waals surface area contributed by atoms with E-state index < -0.39 is 0 Å². The van der Waals surface area contributed by atoms with Gasteiger partial charge in [0.15, 0.2) is 5.82 Å². The van der Waals surface area contributed by atoms with Gasteiger partial charge < -0.3 is 11.1 Å². The lowest BCUT2D eigenvalue weighted by Crippen LogP contribution is -2.36. The van der Waals surface area contributed by atoms with Crippen LogP contribution in [0.1, 0.15) is 35.8 Å². The average molecular weight is 251 g/mol. The molecule has 1 aromatic heterocycles. The van der Waals surface area contributed by atoms with Crippen molar-refractivity contribution in [2.45, 2.75) is 32.7 Å². The number of aromatic nitrogens is 2. The molecular weight excluding hydrogens is 230 g/mol. The molecule has 1 aliphatic carbocycles. The van der Waals surface area contributed by atoms with Crippen molar-refractivity contribution in [3.63, 3.8) is 0 Å². The summed E-state index contributed by atoms with van der Waals surface area (Å²) in [4.78, 5) is 14.3. The highest BCUT2D eigenvalue weighted by Gasteiger charge is 2.27. The minimum absolute atomic E-state index is 0.148. The van der Waals surface area contributed by atoms with E-state index in [1.54, 1.807) is 6.92 Å². The van der Waals surface area contributed by atoms with Crippen molar-refractivity contribution >= 4 is 11.7 Å². The van der Waals surface area contributed by atoms with E-state index in [1.807, 2.05) is 0 Å². The van der Waals surface area contributed by atoms with Gasteiger partial charge in [0, 0.05) is 24.8 Å². The number of aromatic amines is 1. The van der Waals surface area contributed by atoms with Gasteiger partial charge in [-0.3, -0.25) is 14.8 Å². The smallest absolute Gasteiger partial charge is 0.256 e. The SMILES string of the molecule is CCN(CCNC(=O)c1c(N)n[nH]c1C)C1CC1. The van der Waals surface area contributed by atoms with Crippen LogP contribution in [0.4, 0.5) is 5.82 Å². The molecule has 1 aromatic rings. The molecular formula is C12H21N5O. The molecule has 6 nitrogen and oxygen atoms in total. The number of hydrogen-bond acceptors (Lipinski definition) is 4. The third-order valence-electron chi connectivity index (χ3n) is 3.36. The van der Waals surface area contributed by atoms with Gasteiger partial charge in [0.1, 0.15) is 5.56 Å². The van der Waals surface area contributed by atoms with Crippen molar-refractivity contribution in [2.24, 2.45) is 0 Å². The van der Waals surface area contributed by atoms with Crippen LogP contribution in [0.15, 0.2) is 0 Å². The van der Waals surface area contributed by atoms with Crippen LogP contribution in [0, 0.1) is 6.92 Å². The zero-order valence-corrected chi connectivity index (χ0v) is 11.0. The van der Waals surface area contributed by atoms with Crippen LogP contribution in [0.5, 0.6) is 0 Å². The number of anilines is 1. The summed E-state index contributed by atoms with van der Waals surface area (Å²) >= 11 is 0. The van der Waals surface area contributed by atoms with Crippen molar-refractivity contribution in [3.8, 4) is 0 Å². The van der Waals surface area contributed by atoms with E-state index >= 15 is 0 Å². The van der Waals surface area contributed by atoms with Crippen LogP contribution >= 0.6 is 0 Å².